The van der Waals surface area contributed by atoms with Crippen LogP contribution < -0.4 is 5.32 Å². The zero-order valence-electron chi connectivity index (χ0n) is 19.5. The fourth-order valence-electron chi connectivity index (χ4n) is 5.25. The van der Waals surface area contributed by atoms with Crippen LogP contribution in [0.3, 0.4) is 0 Å². The van der Waals surface area contributed by atoms with Crippen molar-refractivity contribution in [1.29, 1.82) is 0 Å². The van der Waals surface area contributed by atoms with Crippen LogP contribution in [0.2, 0.25) is 0 Å². The second-order valence-electron chi connectivity index (χ2n) is 9.12. The first-order valence-corrected chi connectivity index (χ1v) is 12.1. The Morgan fingerprint density at radius 3 is 2.66 bits per heavy atom. The molecule has 2 fully saturated rings. The van der Waals surface area contributed by atoms with Gasteiger partial charge in [-0.1, -0.05) is 12.1 Å². The highest BCUT2D eigenvalue weighted by atomic mass is 32.1. The highest BCUT2D eigenvalue weighted by Gasteiger charge is 2.42. The lowest BCUT2D eigenvalue weighted by molar-refractivity contribution is -0.137. The minimum Gasteiger partial charge on any atom is -0.376 e. The number of nitrogens with zero attached hydrogens (tertiary/aromatic N) is 3. The van der Waals surface area contributed by atoms with Crippen molar-refractivity contribution in [1.82, 2.24) is 19.8 Å². The minimum absolute atomic E-state index is 0.0895. The van der Waals surface area contributed by atoms with Gasteiger partial charge in [0.1, 0.15) is 0 Å². The number of aromatic nitrogens is 2. The largest absolute Gasteiger partial charge is 0.416 e. The van der Waals surface area contributed by atoms with E-state index < -0.39 is 11.7 Å². The molecule has 1 aromatic carbocycles. The molecule has 0 spiro atoms. The number of hydrogen-bond donors (Lipinski definition) is 1. The molecule has 0 saturated carbocycles. The van der Waals surface area contributed by atoms with Gasteiger partial charge in [0.2, 0.25) is 0 Å². The molecule has 0 bridgehead atoms. The van der Waals surface area contributed by atoms with E-state index in [0.717, 1.165) is 48.2 Å². The van der Waals surface area contributed by atoms with Crippen molar-refractivity contribution >= 4 is 17.3 Å². The molecule has 2 aliphatic rings. The Bertz CT molecular complexity index is 1220. The second-order valence-corrected chi connectivity index (χ2v) is 9.51. The Morgan fingerprint density at radius 1 is 1.14 bits per heavy atom. The van der Waals surface area contributed by atoms with E-state index in [0.29, 0.717) is 17.3 Å². The summed E-state index contributed by atoms with van der Waals surface area (Å²) >= 11 is 5.76. The summed E-state index contributed by atoms with van der Waals surface area (Å²) in [4.78, 5) is 6.74. The second kappa shape index (κ2) is 9.28. The number of halogens is 3. The minimum atomic E-state index is -4.41. The zero-order chi connectivity index (χ0) is 24.7. The van der Waals surface area contributed by atoms with Crippen LogP contribution in [0.4, 0.5) is 13.2 Å². The van der Waals surface area contributed by atoms with Gasteiger partial charge in [-0.05, 0) is 80.9 Å². The first-order chi connectivity index (χ1) is 16.7. The number of alkyl halides is 3. The van der Waals surface area contributed by atoms with Gasteiger partial charge in [-0.15, -0.1) is 0 Å². The molecular formula is C26H27F3N4OS. The molecule has 0 aliphatic carbocycles. The molecule has 0 radical (unpaired) electrons. The molecule has 4 heterocycles. The SMILES string of the molecule is Cc1cc(C2C(c3ccccn3)NC(=S)N2CC2CCCO2)c(C)n1-c1cccc(C(F)(F)F)c1. The maximum atomic E-state index is 13.4. The topological polar surface area (TPSA) is 42.3 Å². The zero-order valence-corrected chi connectivity index (χ0v) is 20.4. The van der Waals surface area contributed by atoms with Crippen molar-refractivity contribution in [2.45, 2.75) is 51.1 Å². The van der Waals surface area contributed by atoms with Gasteiger partial charge in [0.05, 0.1) is 29.4 Å². The monoisotopic (exact) mass is 500 g/mol. The summed E-state index contributed by atoms with van der Waals surface area (Å²) < 4.78 is 48.0. The first-order valence-electron chi connectivity index (χ1n) is 11.7. The van der Waals surface area contributed by atoms with Crippen LogP contribution >= 0.6 is 12.2 Å². The lowest BCUT2D eigenvalue weighted by atomic mass is 9.96. The molecule has 3 unspecified atom stereocenters. The summed E-state index contributed by atoms with van der Waals surface area (Å²) in [6.07, 6.45) is -0.560. The van der Waals surface area contributed by atoms with Crippen molar-refractivity contribution in [3.05, 3.63) is 82.9 Å². The van der Waals surface area contributed by atoms with Gasteiger partial charge in [-0.25, -0.2) is 0 Å². The smallest absolute Gasteiger partial charge is 0.376 e. The van der Waals surface area contributed by atoms with E-state index in [1.807, 2.05) is 42.7 Å². The van der Waals surface area contributed by atoms with E-state index >= 15 is 0 Å². The summed E-state index contributed by atoms with van der Waals surface area (Å²) in [6.45, 7) is 5.26. The first kappa shape index (κ1) is 23.8. The van der Waals surface area contributed by atoms with Crippen LogP contribution in [-0.4, -0.2) is 38.8 Å². The number of aryl methyl sites for hydroxylation is 1. The third kappa shape index (κ3) is 4.54. The van der Waals surface area contributed by atoms with Gasteiger partial charge in [0.15, 0.2) is 5.11 Å². The van der Waals surface area contributed by atoms with E-state index in [-0.39, 0.29) is 18.2 Å². The summed E-state index contributed by atoms with van der Waals surface area (Å²) in [5.41, 5.74) is 3.40. The third-order valence-corrected chi connectivity index (χ3v) is 7.20. The van der Waals surface area contributed by atoms with Crippen LogP contribution in [0, 0.1) is 13.8 Å². The molecule has 0 amide bonds. The Morgan fingerprint density at radius 2 is 1.97 bits per heavy atom. The number of ether oxygens (including phenoxy) is 1. The Kier molecular flexibility index (Phi) is 6.31. The predicted octanol–water partition coefficient (Wildman–Crippen LogP) is 5.66. The van der Waals surface area contributed by atoms with Crippen molar-refractivity contribution in [2.24, 2.45) is 0 Å². The maximum Gasteiger partial charge on any atom is 0.416 e. The summed E-state index contributed by atoms with van der Waals surface area (Å²) in [6, 6.07) is 12.9. The lowest BCUT2D eigenvalue weighted by Gasteiger charge is -2.30. The van der Waals surface area contributed by atoms with Crippen molar-refractivity contribution in [3.8, 4) is 5.69 Å². The van der Waals surface area contributed by atoms with E-state index in [1.165, 1.54) is 12.1 Å². The van der Waals surface area contributed by atoms with Crippen molar-refractivity contribution < 1.29 is 17.9 Å². The Labute approximate surface area is 207 Å². The molecule has 1 N–H and O–H groups in total. The van der Waals surface area contributed by atoms with E-state index in [9.17, 15) is 13.2 Å². The number of pyridine rings is 1. The number of hydrogen-bond acceptors (Lipinski definition) is 3. The average Bonchev–Trinajstić information content (AvgIpc) is 3.53. The number of thiocarbonyl (C=S) groups is 1. The van der Waals surface area contributed by atoms with Crippen LogP contribution in [0.25, 0.3) is 5.69 Å². The van der Waals surface area contributed by atoms with Gasteiger partial charge in [0.25, 0.3) is 0 Å². The van der Waals surface area contributed by atoms with Gasteiger partial charge in [0, 0.05) is 36.4 Å². The van der Waals surface area contributed by atoms with E-state index in [1.54, 1.807) is 12.3 Å². The third-order valence-electron chi connectivity index (χ3n) is 6.84. The molecule has 3 atom stereocenters. The highest BCUT2D eigenvalue weighted by Crippen LogP contribution is 2.42. The van der Waals surface area contributed by atoms with Gasteiger partial charge in [-0.3, -0.25) is 4.98 Å². The molecule has 2 aliphatic heterocycles. The maximum absolute atomic E-state index is 13.4. The van der Waals surface area contributed by atoms with E-state index in [2.05, 4.69) is 15.2 Å². The van der Waals surface area contributed by atoms with E-state index in [4.69, 9.17) is 17.0 Å². The fraction of sp³-hybridized carbons (Fsp3) is 0.385. The number of benzene rings is 1. The summed E-state index contributed by atoms with van der Waals surface area (Å²) in [5, 5.41) is 4.08. The molecule has 9 heteroatoms. The summed E-state index contributed by atoms with van der Waals surface area (Å²) in [7, 11) is 0. The normalized spacial score (nSPS) is 22.6. The van der Waals surface area contributed by atoms with Crippen LogP contribution in [0.1, 0.15) is 53.1 Å². The predicted molar refractivity (Wildman–Crippen MR) is 131 cm³/mol. The quantitative estimate of drug-likeness (QED) is 0.458. The molecule has 3 aromatic rings. The molecule has 5 rings (SSSR count). The molecule has 35 heavy (non-hydrogen) atoms. The lowest BCUT2D eigenvalue weighted by Crippen LogP contribution is -2.36. The average molecular weight is 501 g/mol. The van der Waals surface area contributed by atoms with Crippen molar-refractivity contribution in [3.63, 3.8) is 0 Å². The molecule has 5 nitrogen and oxygen atoms in total. The van der Waals surface area contributed by atoms with Crippen LogP contribution in [0.5, 0.6) is 0 Å². The Hall–Kier alpha value is -2.91. The van der Waals surface area contributed by atoms with Crippen LogP contribution in [-0.2, 0) is 10.9 Å². The molecular weight excluding hydrogens is 473 g/mol. The summed E-state index contributed by atoms with van der Waals surface area (Å²) in [5.74, 6) is 0. The molecule has 2 saturated heterocycles. The standard InChI is InChI=1S/C26H27F3N4OS/c1-16-13-21(17(2)33(16)19-8-5-7-18(14-19)26(27,28)29)24-23(22-10-3-4-11-30-22)31-25(35)32(24)15-20-9-6-12-34-20/h3-5,7-8,10-11,13-14,20,23-24H,6,9,12,15H2,1-2H3,(H,31,35). The number of rotatable bonds is 5. The molecule has 184 valence electrons. The highest BCUT2D eigenvalue weighted by molar-refractivity contribution is 7.80. The van der Waals surface area contributed by atoms with Gasteiger partial charge < -0.3 is 19.5 Å². The number of nitrogens with one attached hydrogen (secondary N) is 1. The van der Waals surface area contributed by atoms with Crippen LogP contribution in [0.15, 0.2) is 54.7 Å². The van der Waals surface area contributed by atoms with Crippen molar-refractivity contribution in [2.75, 3.05) is 13.2 Å². The van der Waals surface area contributed by atoms with Gasteiger partial charge in [-0.2, -0.15) is 13.2 Å². The van der Waals surface area contributed by atoms with Gasteiger partial charge >= 0.3 is 6.18 Å². The molecule has 2 aromatic heterocycles. The Balaban J connectivity index is 1.59. The fourth-order valence-corrected chi connectivity index (χ4v) is 5.57.